The Balaban J connectivity index is 1.94. The van der Waals surface area contributed by atoms with Gasteiger partial charge in [0.2, 0.25) is 12.6 Å². The average molecular weight is 265 g/mol. The fraction of sp³-hybridized carbons (Fsp3) is 0.385. The summed E-state index contributed by atoms with van der Waals surface area (Å²) in [7, 11) is 0. The number of rotatable bonds is 6. The third-order valence-corrected chi connectivity index (χ3v) is 2.81. The van der Waals surface area contributed by atoms with Crippen LogP contribution in [0.3, 0.4) is 0 Å². The van der Waals surface area contributed by atoms with Crippen LogP contribution in [-0.4, -0.2) is 41.8 Å². The quantitative estimate of drug-likeness (QED) is 0.780. The van der Waals surface area contributed by atoms with Crippen LogP contribution in [0.2, 0.25) is 0 Å². The van der Waals surface area contributed by atoms with Crippen LogP contribution in [0.25, 0.3) is 0 Å². The van der Waals surface area contributed by atoms with Crippen molar-refractivity contribution in [3.8, 4) is 11.5 Å². The van der Waals surface area contributed by atoms with Gasteiger partial charge in [0.15, 0.2) is 11.5 Å². The van der Waals surface area contributed by atoms with E-state index in [1.54, 1.807) is 12.1 Å². The number of hydrogen-bond donors (Lipinski definition) is 1. The van der Waals surface area contributed by atoms with E-state index in [0.29, 0.717) is 30.9 Å². The van der Waals surface area contributed by atoms with Crippen LogP contribution in [0.15, 0.2) is 24.3 Å². The molecule has 1 aromatic rings. The lowest BCUT2D eigenvalue weighted by Gasteiger charge is -2.32. The number of ether oxygens (including phenoxy) is 2. The number of aliphatic carboxylic acids is 1. The van der Waals surface area contributed by atoms with E-state index < -0.39 is 12.2 Å². The van der Waals surface area contributed by atoms with Gasteiger partial charge in [-0.3, -0.25) is 9.59 Å². The summed E-state index contributed by atoms with van der Waals surface area (Å²) in [4.78, 5) is 22.9. The molecule has 0 spiro atoms. The summed E-state index contributed by atoms with van der Waals surface area (Å²) in [5, 5.41) is 8.58. The van der Waals surface area contributed by atoms with E-state index in [9.17, 15) is 9.59 Å². The SMILES string of the molecule is O=CN(CCCC(=O)O)C1COc2ccccc2O1. The van der Waals surface area contributed by atoms with Gasteiger partial charge in [-0.1, -0.05) is 12.1 Å². The molecule has 1 unspecified atom stereocenters. The maximum atomic E-state index is 11.0. The summed E-state index contributed by atoms with van der Waals surface area (Å²) < 4.78 is 11.2. The molecule has 0 bridgehead atoms. The Morgan fingerprint density at radius 2 is 2.16 bits per heavy atom. The second kappa shape index (κ2) is 6.08. The molecule has 6 nitrogen and oxygen atoms in total. The van der Waals surface area contributed by atoms with Crippen molar-refractivity contribution in [1.82, 2.24) is 4.90 Å². The molecule has 0 aromatic heterocycles. The van der Waals surface area contributed by atoms with Gasteiger partial charge in [-0.2, -0.15) is 0 Å². The number of carboxylic acids is 1. The molecule has 6 heteroatoms. The van der Waals surface area contributed by atoms with Gasteiger partial charge in [-0.25, -0.2) is 0 Å². The molecular formula is C13H15NO5. The summed E-state index contributed by atoms with van der Waals surface area (Å²) >= 11 is 0. The van der Waals surface area contributed by atoms with Gasteiger partial charge < -0.3 is 19.5 Å². The van der Waals surface area contributed by atoms with Crippen LogP contribution in [0.4, 0.5) is 0 Å². The minimum Gasteiger partial charge on any atom is -0.484 e. The van der Waals surface area contributed by atoms with Crippen molar-refractivity contribution in [3.05, 3.63) is 24.3 Å². The Morgan fingerprint density at radius 3 is 2.84 bits per heavy atom. The lowest BCUT2D eigenvalue weighted by molar-refractivity contribution is -0.138. The van der Waals surface area contributed by atoms with Crippen molar-refractivity contribution in [2.75, 3.05) is 13.2 Å². The van der Waals surface area contributed by atoms with E-state index >= 15 is 0 Å². The van der Waals surface area contributed by atoms with E-state index in [4.69, 9.17) is 14.6 Å². The second-order valence-electron chi connectivity index (χ2n) is 4.17. The lowest BCUT2D eigenvalue weighted by atomic mass is 10.2. The normalized spacial score (nSPS) is 16.7. The molecule has 1 N–H and O–H groups in total. The molecule has 0 fully saturated rings. The topological polar surface area (TPSA) is 76.1 Å². The number of carbonyl (C=O) groups excluding carboxylic acids is 1. The number of hydrogen-bond acceptors (Lipinski definition) is 4. The van der Waals surface area contributed by atoms with Crippen LogP contribution < -0.4 is 9.47 Å². The van der Waals surface area contributed by atoms with Crippen LogP contribution in [-0.2, 0) is 9.59 Å². The Labute approximate surface area is 110 Å². The molecule has 1 atom stereocenters. The van der Waals surface area contributed by atoms with E-state index in [0.717, 1.165) is 0 Å². The Kier molecular flexibility index (Phi) is 4.22. The number of nitrogens with zero attached hydrogens (tertiary/aromatic N) is 1. The first-order chi connectivity index (χ1) is 9.20. The molecule has 0 saturated heterocycles. The number of benzene rings is 1. The zero-order valence-corrected chi connectivity index (χ0v) is 10.3. The molecule has 0 saturated carbocycles. The third-order valence-electron chi connectivity index (χ3n) is 2.81. The molecule has 0 aliphatic carbocycles. The number of amides is 1. The maximum Gasteiger partial charge on any atom is 0.303 e. The zero-order valence-electron chi connectivity index (χ0n) is 10.3. The second-order valence-corrected chi connectivity index (χ2v) is 4.17. The van der Waals surface area contributed by atoms with Gasteiger partial charge >= 0.3 is 5.97 Å². The van der Waals surface area contributed by atoms with Crippen molar-refractivity contribution < 1.29 is 24.2 Å². The highest BCUT2D eigenvalue weighted by atomic mass is 16.6. The highest BCUT2D eigenvalue weighted by Gasteiger charge is 2.25. The number of fused-ring (bicyclic) bond motifs is 1. The van der Waals surface area contributed by atoms with Crippen molar-refractivity contribution in [2.45, 2.75) is 19.1 Å². The zero-order chi connectivity index (χ0) is 13.7. The van der Waals surface area contributed by atoms with E-state index in [2.05, 4.69) is 0 Å². The highest BCUT2D eigenvalue weighted by Crippen LogP contribution is 2.31. The van der Waals surface area contributed by atoms with Gasteiger partial charge in [-0.05, 0) is 18.6 Å². The van der Waals surface area contributed by atoms with Crippen molar-refractivity contribution in [2.24, 2.45) is 0 Å². The van der Waals surface area contributed by atoms with E-state index in [1.807, 2.05) is 12.1 Å². The molecule has 1 heterocycles. The van der Waals surface area contributed by atoms with Crippen LogP contribution in [0.5, 0.6) is 11.5 Å². The minimum atomic E-state index is -0.878. The fourth-order valence-corrected chi connectivity index (χ4v) is 1.85. The summed E-state index contributed by atoms with van der Waals surface area (Å²) in [6.45, 7) is 0.564. The number of para-hydroxylation sites is 2. The van der Waals surface area contributed by atoms with Crippen molar-refractivity contribution in [3.63, 3.8) is 0 Å². The van der Waals surface area contributed by atoms with Gasteiger partial charge in [0.05, 0.1) is 0 Å². The standard InChI is InChI=1S/C13H15NO5/c15-9-14(7-3-6-13(16)17)12-8-18-10-4-1-2-5-11(10)19-12/h1-2,4-5,9,12H,3,6-8H2,(H,16,17). The highest BCUT2D eigenvalue weighted by molar-refractivity contribution is 5.66. The van der Waals surface area contributed by atoms with Crippen molar-refractivity contribution in [1.29, 1.82) is 0 Å². The van der Waals surface area contributed by atoms with Gasteiger partial charge in [0.1, 0.15) is 6.61 Å². The van der Waals surface area contributed by atoms with E-state index in [-0.39, 0.29) is 13.0 Å². The Bertz CT molecular complexity index is 462. The minimum absolute atomic E-state index is 0.0223. The maximum absolute atomic E-state index is 11.0. The third kappa shape index (κ3) is 3.37. The van der Waals surface area contributed by atoms with Crippen LogP contribution in [0.1, 0.15) is 12.8 Å². The van der Waals surface area contributed by atoms with Crippen molar-refractivity contribution >= 4 is 12.4 Å². The Hall–Kier alpha value is -2.24. The summed E-state index contributed by atoms with van der Waals surface area (Å²) in [6.07, 6.45) is 0.551. The summed E-state index contributed by atoms with van der Waals surface area (Å²) in [6, 6.07) is 7.22. The molecule has 1 aliphatic heterocycles. The van der Waals surface area contributed by atoms with Gasteiger partial charge in [-0.15, -0.1) is 0 Å². The molecule has 0 radical (unpaired) electrons. The molecule has 1 amide bonds. The molecule has 2 rings (SSSR count). The Morgan fingerprint density at radius 1 is 1.42 bits per heavy atom. The molecule has 19 heavy (non-hydrogen) atoms. The molecule has 1 aromatic carbocycles. The predicted molar refractivity (Wildman–Crippen MR) is 66.0 cm³/mol. The van der Waals surface area contributed by atoms with Gasteiger partial charge in [0, 0.05) is 13.0 Å². The fourth-order valence-electron chi connectivity index (χ4n) is 1.85. The summed E-state index contributed by atoms with van der Waals surface area (Å²) in [5.74, 6) is 0.357. The first-order valence-corrected chi connectivity index (χ1v) is 6.02. The average Bonchev–Trinajstić information content (AvgIpc) is 2.43. The van der Waals surface area contributed by atoms with Gasteiger partial charge in [0.25, 0.3) is 0 Å². The summed E-state index contributed by atoms with van der Waals surface area (Å²) in [5.41, 5.74) is 0. The van der Waals surface area contributed by atoms with E-state index in [1.165, 1.54) is 4.90 Å². The number of carboxylic acid groups (broad SMARTS) is 1. The largest absolute Gasteiger partial charge is 0.484 e. The molecule has 102 valence electrons. The van der Waals surface area contributed by atoms with Crippen LogP contribution >= 0.6 is 0 Å². The smallest absolute Gasteiger partial charge is 0.303 e. The first-order valence-electron chi connectivity index (χ1n) is 6.02. The monoisotopic (exact) mass is 265 g/mol. The van der Waals surface area contributed by atoms with Crippen LogP contribution in [0, 0.1) is 0 Å². The lowest BCUT2D eigenvalue weighted by Crippen LogP contribution is -2.45. The predicted octanol–water partition coefficient (Wildman–Crippen LogP) is 1.11. The molecular weight excluding hydrogens is 250 g/mol. The molecule has 1 aliphatic rings. The number of carbonyl (C=O) groups is 2. The first kappa shape index (κ1) is 13.2.